The number of rotatable bonds is 3. The summed E-state index contributed by atoms with van der Waals surface area (Å²) in [6.07, 6.45) is 1.60. The second-order valence-corrected chi connectivity index (χ2v) is 5.35. The van der Waals surface area contributed by atoms with Gasteiger partial charge in [-0.2, -0.15) is 5.10 Å². The SMILES string of the molecule is C[C@H](NC(=O)c1cn(C)nc1C(C)(C)C)C(=O)O. The van der Waals surface area contributed by atoms with Crippen LogP contribution < -0.4 is 5.32 Å². The van der Waals surface area contributed by atoms with E-state index < -0.39 is 17.9 Å². The molecule has 0 saturated carbocycles. The molecule has 18 heavy (non-hydrogen) atoms. The van der Waals surface area contributed by atoms with Gasteiger partial charge in [0.25, 0.3) is 5.91 Å². The molecule has 0 spiro atoms. The fraction of sp³-hybridized carbons (Fsp3) is 0.583. The van der Waals surface area contributed by atoms with E-state index in [9.17, 15) is 9.59 Å². The van der Waals surface area contributed by atoms with E-state index in [1.807, 2.05) is 20.8 Å². The molecule has 0 saturated heterocycles. The summed E-state index contributed by atoms with van der Waals surface area (Å²) in [5.74, 6) is -1.48. The molecule has 1 heterocycles. The lowest BCUT2D eigenvalue weighted by Gasteiger charge is -2.17. The van der Waals surface area contributed by atoms with Gasteiger partial charge in [0.15, 0.2) is 0 Å². The molecule has 6 heteroatoms. The maximum Gasteiger partial charge on any atom is 0.325 e. The Bertz CT molecular complexity index is 471. The van der Waals surface area contributed by atoms with E-state index >= 15 is 0 Å². The third kappa shape index (κ3) is 3.09. The first-order chi connectivity index (χ1) is 8.12. The minimum Gasteiger partial charge on any atom is -0.480 e. The first-order valence-electron chi connectivity index (χ1n) is 5.70. The second kappa shape index (κ2) is 4.80. The summed E-state index contributed by atoms with van der Waals surface area (Å²) in [6, 6.07) is -0.925. The molecular formula is C12H19N3O3. The summed E-state index contributed by atoms with van der Waals surface area (Å²) in [5.41, 5.74) is 0.790. The number of carboxylic acid groups (broad SMARTS) is 1. The van der Waals surface area contributed by atoms with Crippen LogP contribution in [-0.4, -0.2) is 32.8 Å². The molecule has 2 N–H and O–H groups in total. The highest BCUT2D eigenvalue weighted by Crippen LogP contribution is 2.24. The Morgan fingerprint density at radius 2 is 2.00 bits per heavy atom. The summed E-state index contributed by atoms with van der Waals surface area (Å²) in [6.45, 7) is 7.28. The predicted molar refractivity (Wildman–Crippen MR) is 66.5 cm³/mol. The van der Waals surface area contributed by atoms with Crippen LogP contribution in [0.15, 0.2) is 6.20 Å². The Morgan fingerprint density at radius 3 is 2.44 bits per heavy atom. The summed E-state index contributed by atoms with van der Waals surface area (Å²) in [4.78, 5) is 22.7. The molecule has 1 aromatic rings. The van der Waals surface area contributed by atoms with Crippen molar-refractivity contribution in [3.05, 3.63) is 17.5 Å². The zero-order valence-electron chi connectivity index (χ0n) is 11.3. The highest BCUT2D eigenvalue weighted by molar-refractivity contribution is 5.97. The molecular weight excluding hydrogens is 234 g/mol. The number of hydrogen-bond acceptors (Lipinski definition) is 3. The van der Waals surface area contributed by atoms with E-state index in [2.05, 4.69) is 10.4 Å². The lowest BCUT2D eigenvalue weighted by molar-refractivity contribution is -0.138. The Morgan fingerprint density at radius 1 is 1.44 bits per heavy atom. The largest absolute Gasteiger partial charge is 0.480 e. The van der Waals surface area contributed by atoms with Crippen molar-refractivity contribution in [1.29, 1.82) is 0 Å². The van der Waals surface area contributed by atoms with E-state index in [0.717, 1.165) is 0 Å². The van der Waals surface area contributed by atoms with Crippen LogP contribution in [0.25, 0.3) is 0 Å². The average molecular weight is 253 g/mol. The molecule has 1 rings (SSSR count). The quantitative estimate of drug-likeness (QED) is 0.839. The monoisotopic (exact) mass is 253 g/mol. The number of aryl methyl sites for hydroxylation is 1. The third-order valence-corrected chi connectivity index (χ3v) is 2.50. The van der Waals surface area contributed by atoms with Gasteiger partial charge in [-0.1, -0.05) is 20.8 Å². The summed E-state index contributed by atoms with van der Waals surface area (Å²) >= 11 is 0. The van der Waals surface area contributed by atoms with E-state index in [-0.39, 0.29) is 5.41 Å². The molecule has 0 fully saturated rings. The molecule has 6 nitrogen and oxygen atoms in total. The predicted octanol–water partition coefficient (Wildman–Crippen LogP) is 0.920. The maximum absolute atomic E-state index is 12.0. The van der Waals surface area contributed by atoms with Gasteiger partial charge >= 0.3 is 5.97 Å². The minimum atomic E-state index is -1.07. The number of aromatic nitrogens is 2. The van der Waals surface area contributed by atoms with Crippen molar-refractivity contribution >= 4 is 11.9 Å². The maximum atomic E-state index is 12.0. The van der Waals surface area contributed by atoms with E-state index in [1.54, 1.807) is 17.9 Å². The van der Waals surface area contributed by atoms with Crippen LogP contribution in [0, 0.1) is 0 Å². The highest BCUT2D eigenvalue weighted by Gasteiger charge is 2.27. The molecule has 1 amide bonds. The van der Waals surface area contributed by atoms with Crippen molar-refractivity contribution in [2.24, 2.45) is 7.05 Å². The van der Waals surface area contributed by atoms with Crippen molar-refractivity contribution in [2.75, 3.05) is 0 Å². The molecule has 0 radical (unpaired) electrons. The van der Waals surface area contributed by atoms with Crippen LogP contribution >= 0.6 is 0 Å². The number of carbonyl (C=O) groups is 2. The van der Waals surface area contributed by atoms with Crippen LogP contribution in [0.4, 0.5) is 0 Å². The van der Waals surface area contributed by atoms with Gasteiger partial charge in [0.1, 0.15) is 6.04 Å². The van der Waals surface area contributed by atoms with Gasteiger partial charge in [-0.15, -0.1) is 0 Å². The Hall–Kier alpha value is -1.85. The number of amides is 1. The normalized spacial score (nSPS) is 13.2. The van der Waals surface area contributed by atoms with Crippen LogP contribution in [0.3, 0.4) is 0 Å². The fourth-order valence-corrected chi connectivity index (χ4v) is 1.54. The van der Waals surface area contributed by atoms with Crippen molar-refractivity contribution in [1.82, 2.24) is 15.1 Å². The van der Waals surface area contributed by atoms with Crippen molar-refractivity contribution in [3.63, 3.8) is 0 Å². The first kappa shape index (κ1) is 14.2. The van der Waals surface area contributed by atoms with Crippen LogP contribution in [0.2, 0.25) is 0 Å². The summed E-state index contributed by atoms with van der Waals surface area (Å²) < 4.78 is 1.56. The van der Waals surface area contributed by atoms with Crippen molar-refractivity contribution in [2.45, 2.75) is 39.2 Å². The molecule has 1 atom stereocenters. The smallest absolute Gasteiger partial charge is 0.325 e. The van der Waals surface area contributed by atoms with E-state index in [0.29, 0.717) is 11.3 Å². The molecule has 0 aromatic carbocycles. The Balaban J connectivity index is 3.03. The topological polar surface area (TPSA) is 84.2 Å². The first-order valence-corrected chi connectivity index (χ1v) is 5.70. The van der Waals surface area contributed by atoms with Gasteiger partial charge in [0, 0.05) is 18.7 Å². The average Bonchev–Trinajstić information content (AvgIpc) is 2.59. The number of aliphatic carboxylic acids is 1. The number of nitrogens with zero attached hydrogens (tertiary/aromatic N) is 2. The van der Waals surface area contributed by atoms with Crippen molar-refractivity contribution < 1.29 is 14.7 Å². The fourth-order valence-electron chi connectivity index (χ4n) is 1.54. The number of hydrogen-bond donors (Lipinski definition) is 2. The number of nitrogens with one attached hydrogen (secondary N) is 1. The van der Waals surface area contributed by atoms with Gasteiger partial charge in [-0.3, -0.25) is 14.3 Å². The number of carboxylic acids is 1. The molecule has 0 bridgehead atoms. The molecule has 0 aliphatic heterocycles. The Kier molecular flexibility index (Phi) is 3.79. The van der Waals surface area contributed by atoms with Gasteiger partial charge in [-0.05, 0) is 6.92 Å². The standard InChI is InChI=1S/C12H19N3O3/c1-7(11(17)18)13-10(16)8-6-15(5)14-9(8)12(2,3)4/h6-7H,1-5H3,(H,13,16)(H,17,18)/t7-/m0/s1. The zero-order valence-corrected chi connectivity index (χ0v) is 11.3. The van der Waals surface area contributed by atoms with Crippen molar-refractivity contribution in [3.8, 4) is 0 Å². The molecule has 0 aliphatic carbocycles. The lowest BCUT2D eigenvalue weighted by Crippen LogP contribution is -2.39. The van der Waals surface area contributed by atoms with Gasteiger partial charge < -0.3 is 10.4 Å². The third-order valence-electron chi connectivity index (χ3n) is 2.50. The van der Waals surface area contributed by atoms with Crippen LogP contribution in [0.1, 0.15) is 43.7 Å². The molecule has 1 aromatic heterocycles. The minimum absolute atomic E-state index is 0.277. The zero-order chi connectivity index (χ0) is 14.1. The van der Waals surface area contributed by atoms with E-state index in [1.165, 1.54) is 6.92 Å². The molecule has 0 unspecified atom stereocenters. The van der Waals surface area contributed by atoms with E-state index in [4.69, 9.17) is 5.11 Å². The summed E-state index contributed by atoms with van der Waals surface area (Å²) in [7, 11) is 1.73. The van der Waals surface area contributed by atoms with Crippen LogP contribution in [0.5, 0.6) is 0 Å². The Labute approximate surface area is 106 Å². The van der Waals surface area contributed by atoms with Gasteiger partial charge in [0.05, 0.1) is 11.3 Å². The van der Waals surface area contributed by atoms with Crippen LogP contribution in [-0.2, 0) is 17.3 Å². The second-order valence-electron chi connectivity index (χ2n) is 5.35. The molecule has 100 valence electrons. The van der Waals surface area contributed by atoms with Gasteiger partial charge in [0.2, 0.25) is 0 Å². The number of carbonyl (C=O) groups excluding carboxylic acids is 1. The van der Waals surface area contributed by atoms with Gasteiger partial charge in [-0.25, -0.2) is 0 Å². The molecule has 0 aliphatic rings. The summed E-state index contributed by atoms with van der Waals surface area (Å²) in [5, 5.41) is 15.5. The lowest BCUT2D eigenvalue weighted by atomic mass is 9.89. The highest BCUT2D eigenvalue weighted by atomic mass is 16.4.